The lowest BCUT2D eigenvalue weighted by Crippen LogP contribution is -2.63. The van der Waals surface area contributed by atoms with Gasteiger partial charge in [0, 0.05) is 32.5 Å². The van der Waals surface area contributed by atoms with E-state index in [0.717, 1.165) is 49.4 Å². The second-order valence-corrected chi connectivity index (χ2v) is 8.33. The summed E-state index contributed by atoms with van der Waals surface area (Å²) in [4.78, 5) is 19.7. The minimum absolute atomic E-state index is 0.0617. The first-order chi connectivity index (χ1) is 14.0. The van der Waals surface area contributed by atoms with Crippen molar-refractivity contribution in [3.05, 3.63) is 41.7 Å². The van der Waals surface area contributed by atoms with E-state index in [1.165, 1.54) is 0 Å². The SMILES string of the molecule is CCc1nc(N2CC[C@](NC(=O)C3CCCC3)(c3ccccc3)[C@H](O)C2)n(C)n1. The number of carbonyl (C=O) groups excluding carboxylic acids is 1. The summed E-state index contributed by atoms with van der Waals surface area (Å²) in [6.07, 6.45) is 4.75. The Morgan fingerprint density at radius 1 is 1.28 bits per heavy atom. The fraction of sp³-hybridized carbons (Fsp3) is 0.591. The van der Waals surface area contributed by atoms with Crippen molar-refractivity contribution in [1.82, 2.24) is 20.1 Å². The molecule has 7 heteroatoms. The molecule has 2 fully saturated rings. The third kappa shape index (κ3) is 3.75. The number of carbonyl (C=O) groups is 1. The van der Waals surface area contributed by atoms with Gasteiger partial charge in [-0.05, 0) is 24.8 Å². The first-order valence-corrected chi connectivity index (χ1v) is 10.7. The van der Waals surface area contributed by atoms with E-state index in [1.807, 2.05) is 44.3 Å². The van der Waals surface area contributed by atoms with Gasteiger partial charge in [0.1, 0.15) is 0 Å². The fourth-order valence-electron chi connectivity index (χ4n) is 4.77. The van der Waals surface area contributed by atoms with Crippen molar-refractivity contribution in [3.63, 3.8) is 0 Å². The molecule has 1 aliphatic carbocycles. The average molecular weight is 398 g/mol. The van der Waals surface area contributed by atoms with Crippen LogP contribution in [0.2, 0.25) is 0 Å². The summed E-state index contributed by atoms with van der Waals surface area (Å²) in [6, 6.07) is 9.90. The lowest BCUT2D eigenvalue weighted by Gasteiger charge is -2.46. The van der Waals surface area contributed by atoms with E-state index in [4.69, 9.17) is 0 Å². The van der Waals surface area contributed by atoms with E-state index < -0.39 is 11.6 Å². The lowest BCUT2D eigenvalue weighted by atomic mass is 9.78. The van der Waals surface area contributed by atoms with Gasteiger partial charge in [0.25, 0.3) is 0 Å². The van der Waals surface area contributed by atoms with Crippen LogP contribution in [0.5, 0.6) is 0 Å². The van der Waals surface area contributed by atoms with Gasteiger partial charge in [-0.2, -0.15) is 10.1 Å². The molecule has 1 aromatic heterocycles. The quantitative estimate of drug-likeness (QED) is 0.808. The van der Waals surface area contributed by atoms with Crippen molar-refractivity contribution in [1.29, 1.82) is 0 Å². The van der Waals surface area contributed by atoms with Gasteiger partial charge in [-0.3, -0.25) is 4.79 Å². The van der Waals surface area contributed by atoms with Crippen LogP contribution in [-0.4, -0.2) is 45.0 Å². The molecule has 1 saturated carbocycles. The van der Waals surface area contributed by atoms with Crippen LogP contribution in [0.4, 0.5) is 5.95 Å². The monoisotopic (exact) mass is 397 g/mol. The summed E-state index contributed by atoms with van der Waals surface area (Å²) in [5, 5.41) is 19.1. The van der Waals surface area contributed by atoms with E-state index in [1.54, 1.807) is 4.68 Å². The molecule has 2 heterocycles. The largest absolute Gasteiger partial charge is 0.388 e. The molecule has 1 aliphatic heterocycles. The molecule has 1 amide bonds. The van der Waals surface area contributed by atoms with Crippen molar-refractivity contribution in [2.24, 2.45) is 13.0 Å². The maximum atomic E-state index is 13.0. The summed E-state index contributed by atoms with van der Waals surface area (Å²) < 4.78 is 1.78. The van der Waals surface area contributed by atoms with Gasteiger partial charge < -0.3 is 15.3 Å². The highest BCUT2D eigenvalue weighted by atomic mass is 16.3. The zero-order valence-corrected chi connectivity index (χ0v) is 17.3. The molecule has 0 spiro atoms. The Morgan fingerprint density at radius 2 is 2.00 bits per heavy atom. The second kappa shape index (κ2) is 8.14. The maximum Gasteiger partial charge on any atom is 0.223 e. The van der Waals surface area contributed by atoms with Crippen LogP contribution < -0.4 is 10.2 Å². The van der Waals surface area contributed by atoms with Gasteiger partial charge in [0.15, 0.2) is 5.82 Å². The number of rotatable bonds is 5. The number of hydrogen-bond acceptors (Lipinski definition) is 5. The minimum atomic E-state index is -0.774. The molecule has 156 valence electrons. The number of aryl methyl sites for hydroxylation is 2. The van der Waals surface area contributed by atoms with Gasteiger partial charge in [-0.1, -0.05) is 50.1 Å². The number of β-amino-alcohol motifs (C(OH)–C–C–N with tert-alkyl or cyclic N) is 1. The van der Waals surface area contributed by atoms with Gasteiger partial charge in [-0.15, -0.1) is 0 Å². The highest BCUT2D eigenvalue weighted by molar-refractivity contribution is 5.80. The van der Waals surface area contributed by atoms with Crippen molar-refractivity contribution in [2.75, 3.05) is 18.0 Å². The molecule has 1 saturated heterocycles. The highest BCUT2D eigenvalue weighted by Gasteiger charge is 2.46. The molecule has 0 bridgehead atoms. The van der Waals surface area contributed by atoms with Crippen molar-refractivity contribution >= 4 is 11.9 Å². The summed E-state index contributed by atoms with van der Waals surface area (Å²) in [5.41, 5.74) is 0.189. The van der Waals surface area contributed by atoms with E-state index >= 15 is 0 Å². The smallest absolute Gasteiger partial charge is 0.223 e. The Bertz CT molecular complexity index is 846. The number of nitrogens with one attached hydrogen (secondary N) is 1. The van der Waals surface area contributed by atoms with Gasteiger partial charge >= 0.3 is 0 Å². The van der Waals surface area contributed by atoms with E-state index in [0.29, 0.717) is 19.5 Å². The van der Waals surface area contributed by atoms with Crippen LogP contribution in [0.1, 0.15) is 50.4 Å². The minimum Gasteiger partial charge on any atom is -0.388 e. The number of aliphatic hydroxyl groups excluding tert-OH is 1. The van der Waals surface area contributed by atoms with Crippen molar-refractivity contribution in [3.8, 4) is 0 Å². The summed E-state index contributed by atoms with van der Waals surface area (Å²) in [5.74, 6) is 1.70. The molecule has 2 N–H and O–H groups in total. The molecular formula is C22H31N5O2. The van der Waals surface area contributed by atoms with Gasteiger partial charge in [-0.25, -0.2) is 4.68 Å². The van der Waals surface area contributed by atoms with E-state index in [9.17, 15) is 9.90 Å². The van der Waals surface area contributed by atoms with Gasteiger partial charge in [0.05, 0.1) is 11.6 Å². The molecule has 0 radical (unpaired) electrons. The molecule has 2 atom stereocenters. The Balaban J connectivity index is 1.60. The third-order valence-electron chi connectivity index (χ3n) is 6.48. The molecule has 2 aromatic rings. The second-order valence-electron chi connectivity index (χ2n) is 8.33. The van der Waals surface area contributed by atoms with Crippen LogP contribution in [0.3, 0.4) is 0 Å². The van der Waals surface area contributed by atoms with Crippen LogP contribution in [0, 0.1) is 5.92 Å². The number of hydrogen-bond donors (Lipinski definition) is 2. The molecule has 2 aliphatic rings. The van der Waals surface area contributed by atoms with Crippen molar-refractivity contribution in [2.45, 2.75) is 57.1 Å². The zero-order chi connectivity index (χ0) is 20.4. The summed E-state index contributed by atoms with van der Waals surface area (Å²) in [6.45, 7) is 3.12. The first-order valence-electron chi connectivity index (χ1n) is 10.7. The number of anilines is 1. The Labute approximate surface area is 172 Å². The summed E-state index contributed by atoms with van der Waals surface area (Å²) in [7, 11) is 1.88. The van der Waals surface area contributed by atoms with Crippen LogP contribution in [0.25, 0.3) is 0 Å². The van der Waals surface area contributed by atoms with Crippen molar-refractivity contribution < 1.29 is 9.90 Å². The van der Waals surface area contributed by atoms with Crippen LogP contribution in [-0.2, 0) is 23.8 Å². The predicted octanol–water partition coefficient (Wildman–Crippen LogP) is 2.15. The Morgan fingerprint density at radius 3 is 2.62 bits per heavy atom. The van der Waals surface area contributed by atoms with E-state index in [-0.39, 0.29) is 11.8 Å². The standard InChI is InChI=1S/C22H31N5O2/c1-3-19-23-21(26(2)25-19)27-14-13-22(18(28)15-27,17-11-5-4-6-12-17)24-20(29)16-9-7-8-10-16/h4-6,11-12,16,18,28H,3,7-10,13-15H2,1-2H3,(H,24,29)/t18-,22+/m1/s1. The molecule has 7 nitrogen and oxygen atoms in total. The third-order valence-corrected chi connectivity index (χ3v) is 6.48. The number of aromatic nitrogens is 3. The Hall–Kier alpha value is -2.41. The number of nitrogens with zero attached hydrogens (tertiary/aromatic N) is 4. The number of piperidine rings is 1. The maximum absolute atomic E-state index is 13.0. The first kappa shape index (κ1) is 19.9. The summed E-state index contributed by atoms with van der Waals surface area (Å²) >= 11 is 0. The Kier molecular flexibility index (Phi) is 5.58. The molecule has 29 heavy (non-hydrogen) atoms. The van der Waals surface area contributed by atoms with Crippen LogP contribution >= 0.6 is 0 Å². The fourth-order valence-corrected chi connectivity index (χ4v) is 4.77. The number of aliphatic hydroxyl groups is 1. The van der Waals surface area contributed by atoms with Crippen LogP contribution in [0.15, 0.2) is 30.3 Å². The predicted molar refractivity (Wildman–Crippen MR) is 111 cm³/mol. The average Bonchev–Trinajstić information content (AvgIpc) is 3.40. The molecular weight excluding hydrogens is 366 g/mol. The van der Waals surface area contributed by atoms with E-state index in [2.05, 4.69) is 20.3 Å². The van der Waals surface area contributed by atoms with Gasteiger partial charge in [0.2, 0.25) is 11.9 Å². The normalized spacial score (nSPS) is 25.3. The molecule has 1 aromatic carbocycles. The number of benzene rings is 1. The molecule has 4 rings (SSSR count). The topological polar surface area (TPSA) is 83.3 Å². The lowest BCUT2D eigenvalue weighted by molar-refractivity contribution is -0.129. The zero-order valence-electron chi connectivity index (χ0n) is 17.3. The number of amides is 1. The highest BCUT2D eigenvalue weighted by Crippen LogP contribution is 2.36. The molecule has 0 unspecified atom stereocenters.